The van der Waals surface area contributed by atoms with Crippen LogP contribution in [-0.2, 0) is 12.6 Å². The van der Waals surface area contributed by atoms with Gasteiger partial charge in [0.2, 0.25) is 0 Å². The lowest BCUT2D eigenvalue weighted by molar-refractivity contribution is -0.139. The normalized spacial score (nSPS) is 16.5. The van der Waals surface area contributed by atoms with Crippen LogP contribution in [0.5, 0.6) is 0 Å². The molecule has 5 heteroatoms. The van der Waals surface area contributed by atoms with Crippen LogP contribution in [-0.4, -0.2) is 4.98 Å². The van der Waals surface area contributed by atoms with Gasteiger partial charge in [-0.2, -0.15) is 13.2 Å². The maximum Gasteiger partial charge on any atom is 0.418 e. The summed E-state index contributed by atoms with van der Waals surface area (Å²) < 4.78 is 38.8. The first-order chi connectivity index (χ1) is 7.43. The summed E-state index contributed by atoms with van der Waals surface area (Å²) in [4.78, 5) is 3.79. The fraction of sp³-hybridized carbons (Fsp3) is 0.545. The Balaban J connectivity index is 2.60. The second-order valence-electron chi connectivity index (χ2n) is 4.08. The van der Waals surface area contributed by atoms with Gasteiger partial charge >= 0.3 is 6.18 Å². The van der Waals surface area contributed by atoms with Gasteiger partial charge in [0.25, 0.3) is 0 Å². The first-order valence-electron chi connectivity index (χ1n) is 5.30. The number of aryl methyl sites for hydroxylation is 1. The fourth-order valence-electron chi connectivity index (χ4n) is 1.94. The van der Waals surface area contributed by atoms with E-state index >= 15 is 0 Å². The van der Waals surface area contributed by atoms with Crippen molar-refractivity contribution in [3.8, 4) is 0 Å². The average molecular weight is 230 g/mol. The summed E-state index contributed by atoms with van der Waals surface area (Å²) in [6.45, 7) is 1.66. The van der Waals surface area contributed by atoms with Crippen LogP contribution in [0.25, 0.3) is 0 Å². The molecule has 16 heavy (non-hydrogen) atoms. The molecule has 1 aliphatic carbocycles. The van der Waals surface area contributed by atoms with Crippen LogP contribution in [0.3, 0.4) is 0 Å². The van der Waals surface area contributed by atoms with E-state index in [0.29, 0.717) is 5.56 Å². The molecule has 1 aromatic heterocycles. The lowest BCUT2D eigenvalue weighted by Crippen LogP contribution is -2.15. The van der Waals surface area contributed by atoms with E-state index in [2.05, 4.69) is 4.98 Å². The van der Waals surface area contributed by atoms with Crippen molar-refractivity contribution in [1.82, 2.24) is 4.98 Å². The number of pyridine rings is 1. The molecule has 0 aromatic carbocycles. The first kappa shape index (κ1) is 11.2. The van der Waals surface area contributed by atoms with E-state index in [1.165, 1.54) is 6.07 Å². The van der Waals surface area contributed by atoms with Crippen molar-refractivity contribution in [3.63, 3.8) is 0 Å². The Morgan fingerprint density at radius 3 is 2.50 bits per heavy atom. The monoisotopic (exact) mass is 230 g/mol. The van der Waals surface area contributed by atoms with Gasteiger partial charge in [-0.3, -0.25) is 0 Å². The minimum absolute atomic E-state index is 0.0206. The smallest absolute Gasteiger partial charge is 0.384 e. The second-order valence-corrected chi connectivity index (χ2v) is 4.08. The minimum atomic E-state index is -4.33. The van der Waals surface area contributed by atoms with E-state index in [9.17, 15) is 13.2 Å². The molecule has 0 spiro atoms. The Bertz CT molecular complexity index is 408. The second kappa shape index (κ2) is 3.64. The van der Waals surface area contributed by atoms with Crippen LogP contribution in [0.1, 0.15) is 42.5 Å². The third kappa shape index (κ3) is 1.99. The highest BCUT2D eigenvalue weighted by Gasteiger charge is 2.40. The van der Waals surface area contributed by atoms with Gasteiger partial charge < -0.3 is 5.73 Å². The number of hydrogen-bond acceptors (Lipinski definition) is 2. The number of nitrogens with two attached hydrogens (primary N) is 1. The number of nitrogens with zero attached hydrogens (tertiary/aromatic N) is 1. The van der Waals surface area contributed by atoms with Crippen LogP contribution >= 0.6 is 0 Å². The molecular formula is C11H13F3N2. The summed E-state index contributed by atoms with van der Waals surface area (Å²) in [6.07, 6.45) is -2.45. The fourth-order valence-corrected chi connectivity index (χ4v) is 1.94. The van der Waals surface area contributed by atoms with Crippen molar-refractivity contribution < 1.29 is 13.2 Å². The van der Waals surface area contributed by atoms with Gasteiger partial charge in [0, 0.05) is 0 Å². The SMILES string of the molecule is CCc1nc(N)cc(C2CC2)c1C(F)(F)F. The van der Waals surface area contributed by atoms with Gasteiger partial charge in [-0.05, 0) is 36.8 Å². The summed E-state index contributed by atoms with van der Waals surface area (Å²) in [5.41, 5.74) is 5.37. The summed E-state index contributed by atoms with van der Waals surface area (Å²) in [7, 11) is 0. The Morgan fingerprint density at radius 1 is 1.44 bits per heavy atom. The average Bonchev–Trinajstić information content (AvgIpc) is 2.97. The van der Waals surface area contributed by atoms with Gasteiger partial charge in [0.1, 0.15) is 5.82 Å². The molecule has 0 bridgehead atoms. The molecule has 88 valence electrons. The molecule has 0 radical (unpaired) electrons. The quantitative estimate of drug-likeness (QED) is 0.847. The van der Waals surface area contributed by atoms with E-state index in [1.807, 2.05) is 0 Å². The molecule has 2 nitrogen and oxygen atoms in total. The number of halogens is 3. The molecule has 1 aromatic rings. The third-order valence-corrected chi connectivity index (χ3v) is 2.78. The van der Waals surface area contributed by atoms with Crippen molar-refractivity contribution in [1.29, 1.82) is 0 Å². The molecule has 1 heterocycles. The van der Waals surface area contributed by atoms with Gasteiger partial charge in [0.05, 0.1) is 11.3 Å². The predicted molar refractivity (Wildman–Crippen MR) is 55.0 cm³/mol. The molecule has 2 rings (SSSR count). The third-order valence-electron chi connectivity index (χ3n) is 2.78. The maximum absolute atomic E-state index is 12.9. The molecule has 1 saturated carbocycles. The Labute approximate surface area is 91.7 Å². The number of alkyl halides is 3. The van der Waals surface area contributed by atoms with E-state index in [-0.39, 0.29) is 23.9 Å². The maximum atomic E-state index is 12.9. The van der Waals surface area contributed by atoms with E-state index in [1.54, 1.807) is 6.92 Å². The topological polar surface area (TPSA) is 38.9 Å². The summed E-state index contributed by atoms with van der Waals surface area (Å²) in [5.74, 6) is 0.207. The molecule has 1 aliphatic rings. The molecule has 0 aliphatic heterocycles. The predicted octanol–water partition coefficient (Wildman–Crippen LogP) is 3.12. The zero-order valence-corrected chi connectivity index (χ0v) is 8.93. The van der Waals surface area contributed by atoms with Crippen LogP contribution in [0.15, 0.2) is 6.07 Å². The molecule has 0 amide bonds. The summed E-state index contributed by atoms with van der Waals surface area (Å²) in [6, 6.07) is 1.37. The lowest BCUT2D eigenvalue weighted by atomic mass is 10.0. The first-order valence-corrected chi connectivity index (χ1v) is 5.30. The zero-order valence-electron chi connectivity index (χ0n) is 8.93. The highest BCUT2D eigenvalue weighted by Crippen LogP contribution is 2.47. The largest absolute Gasteiger partial charge is 0.418 e. The molecule has 2 N–H and O–H groups in total. The van der Waals surface area contributed by atoms with Crippen LogP contribution in [0, 0.1) is 0 Å². The number of aromatic nitrogens is 1. The molecular weight excluding hydrogens is 217 g/mol. The Morgan fingerprint density at radius 2 is 2.06 bits per heavy atom. The summed E-state index contributed by atoms with van der Waals surface area (Å²) in [5, 5.41) is 0. The van der Waals surface area contributed by atoms with Gasteiger partial charge in [-0.1, -0.05) is 6.92 Å². The molecule has 1 fully saturated rings. The molecule has 0 saturated heterocycles. The molecule has 0 unspecified atom stereocenters. The van der Waals surface area contributed by atoms with Gasteiger partial charge in [-0.15, -0.1) is 0 Å². The Hall–Kier alpha value is -1.26. The van der Waals surface area contributed by atoms with Crippen molar-refractivity contribution in [3.05, 3.63) is 22.9 Å². The van der Waals surface area contributed by atoms with Crippen molar-refractivity contribution in [2.45, 2.75) is 38.3 Å². The number of rotatable bonds is 2. The highest BCUT2D eigenvalue weighted by molar-refractivity contribution is 5.46. The van der Waals surface area contributed by atoms with E-state index < -0.39 is 11.7 Å². The van der Waals surface area contributed by atoms with E-state index in [0.717, 1.165) is 12.8 Å². The summed E-state index contributed by atoms with van der Waals surface area (Å²) >= 11 is 0. The zero-order chi connectivity index (χ0) is 11.9. The van der Waals surface area contributed by atoms with Crippen LogP contribution < -0.4 is 5.73 Å². The highest BCUT2D eigenvalue weighted by atomic mass is 19.4. The van der Waals surface area contributed by atoms with Gasteiger partial charge in [0.15, 0.2) is 0 Å². The van der Waals surface area contributed by atoms with Crippen LogP contribution in [0.2, 0.25) is 0 Å². The molecule has 0 atom stereocenters. The van der Waals surface area contributed by atoms with Crippen molar-refractivity contribution >= 4 is 5.82 Å². The Kier molecular flexibility index (Phi) is 2.56. The lowest BCUT2D eigenvalue weighted by Gasteiger charge is -2.16. The van der Waals surface area contributed by atoms with Gasteiger partial charge in [-0.25, -0.2) is 4.98 Å². The van der Waals surface area contributed by atoms with Crippen LogP contribution in [0.4, 0.5) is 19.0 Å². The van der Waals surface area contributed by atoms with Crippen molar-refractivity contribution in [2.75, 3.05) is 5.73 Å². The van der Waals surface area contributed by atoms with E-state index in [4.69, 9.17) is 5.73 Å². The van der Waals surface area contributed by atoms with Crippen molar-refractivity contribution in [2.24, 2.45) is 0 Å². The number of hydrogen-bond donors (Lipinski definition) is 1. The number of nitrogen functional groups attached to an aromatic ring is 1. The standard InChI is InChI=1S/C11H13F3N2/c1-2-8-10(11(12,13)14)7(6-3-4-6)5-9(15)16-8/h5-6H,2-4H2,1H3,(H2,15,16). The minimum Gasteiger partial charge on any atom is -0.384 e. The number of anilines is 1.